The second kappa shape index (κ2) is 5.96. The van der Waals surface area contributed by atoms with Gasteiger partial charge < -0.3 is 10.4 Å². The van der Waals surface area contributed by atoms with E-state index in [9.17, 15) is 5.11 Å². The van der Waals surface area contributed by atoms with Crippen LogP contribution in [0.5, 0.6) is 0 Å². The Kier molecular flexibility index (Phi) is 4.06. The summed E-state index contributed by atoms with van der Waals surface area (Å²) in [6, 6.07) is 16.3. The highest BCUT2D eigenvalue weighted by molar-refractivity contribution is 6.30. The first-order valence-electron chi connectivity index (χ1n) is 6.96. The fraction of sp³-hybridized carbons (Fsp3) is 0.294. The van der Waals surface area contributed by atoms with E-state index in [-0.39, 0.29) is 0 Å². The zero-order valence-corrected chi connectivity index (χ0v) is 12.0. The Morgan fingerprint density at radius 2 is 1.65 bits per heavy atom. The average Bonchev–Trinajstić information content (AvgIpc) is 2.88. The van der Waals surface area contributed by atoms with E-state index in [0.29, 0.717) is 17.6 Å². The quantitative estimate of drug-likeness (QED) is 0.905. The van der Waals surface area contributed by atoms with Crippen LogP contribution in [0.15, 0.2) is 48.5 Å². The van der Waals surface area contributed by atoms with Crippen LogP contribution in [0.2, 0.25) is 5.02 Å². The topological polar surface area (TPSA) is 32.3 Å². The molecule has 0 saturated carbocycles. The number of halogens is 1. The monoisotopic (exact) mass is 287 g/mol. The fourth-order valence-electron chi connectivity index (χ4n) is 2.78. The first kappa shape index (κ1) is 13.6. The molecule has 0 amide bonds. The van der Waals surface area contributed by atoms with Gasteiger partial charge in [0, 0.05) is 17.6 Å². The second-order valence-corrected chi connectivity index (χ2v) is 5.79. The van der Waals surface area contributed by atoms with Gasteiger partial charge in [0.1, 0.15) is 0 Å². The molecule has 0 aliphatic heterocycles. The van der Waals surface area contributed by atoms with Crippen LogP contribution in [0.3, 0.4) is 0 Å². The number of nitrogens with one attached hydrogen (secondary N) is 1. The van der Waals surface area contributed by atoms with Crippen LogP contribution < -0.4 is 5.32 Å². The summed E-state index contributed by atoms with van der Waals surface area (Å²) < 4.78 is 0. The van der Waals surface area contributed by atoms with E-state index in [1.807, 2.05) is 24.3 Å². The van der Waals surface area contributed by atoms with Gasteiger partial charge in [-0.05, 0) is 41.7 Å². The van der Waals surface area contributed by atoms with Crippen LogP contribution >= 0.6 is 11.6 Å². The van der Waals surface area contributed by atoms with Crippen molar-refractivity contribution in [3.05, 3.63) is 70.2 Å². The molecule has 3 heteroatoms. The summed E-state index contributed by atoms with van der Waals surface area (Å²) in [5.74, 6) is 0. The predicted octanol–water partition coefficient (Wildman–Crippen LogP) is 3.13. The lowest BCUT2D eigenvalue weighted by molar-refractivity contribution is 0.170. The molecule has 2 N–H and O–H groups in total. The molecule has 2 aromatic rings. The molecular formula is C17H18ClNO. The first-order chi connectivity index (χ1) is 9.72. The summed E-state index contributed by atoms with van der Waals surface area (Å²) in [6.07, 6.45) is 1.60. The molecule has 1 unspecified atom stereocenters. The third kappa shape index (κ3) is 3.04. The van der Waals surface area contributed by atoms with Gasteiger partial charge in [0.05, 0.1) is 6.10 Å². The number of aliphatic hydroxyl groups excluding tert-OH is 1. The number of hydrogen-bond acceptors (Lipinski definition) is 2. The number of rotatable bonds is 4. The summed E-state index contributed by atoms with van der Waals surface area (Å²) in [4.78, 5) is 0. The summed E-state index contributed by atoms with van der Waals surface area (Å²) in [5.41, 5.74) is 3.74. The smallest absolute Gasteiger partial charge is 0.0914 e. The maximum atomic E-state index is 10.2. The zero-order chi connectivity index (χ0) is 13.9. The van der Waals surface area contributed by atoms with Gasteiger partial charge >= 0.3 is 0 Å². The molecule has 0 heterocycles. The van der Waals surface area contributed by atoms with Crippen molar-refractivity contribution in [2.75, 3.05) is 6.54 Å². The van der Waals surface area contributed by atoms with Gasteiger partial charge in [0.2, 0.25) is 0 Å². The minimum atomic E-state index is -0.490. The summed E-state index contributed by atoms with van der Waals surface area (Å²) >= 11 is 5.85. The predicted molar refractivity (Wildman–Crippen MR) is 82.1 cm³/mol. The van der Waals surface area contributed by atoms with Crippen molar-refractivity contribution in [2.24, 2.45) is 0 Å². The van der Waals surface area contributed by atoms with Crippen LogP contribution in [-0.2, 0) is 12.8 Å². The van der Waals surface area contributed by atoms with E-state index in [0.717, 1.165) is 18.4 Å². The van der Waals surface area contributed by atoms with Crippen molar-refractivity contribution >= 4 is 11.6 Å². The molecule has 0 spiro atoms. The van der Waals surface area contributed by atoms with Gasteiger partial charge in [0.25, 0.3) is 0 Å². The van der Waals surface area contributed by atoms with Crippen molar-refractivity contribution in [3.63, 3.8) is 0 Å². The molecular weight excluding hydrogens is 270 g/mol. The average molecular weight is 288 g/mol. The Hall–Kier alpha value is -1.35. The van der Waals surface area contributed by atoms with Crippen molar-refractivity contribution in [1.82, 2.24) is 5.32 Å². The normalized spacial score (nSPS) is 16.1. The lowest BCUT2D eigenvalue weighted by atomic mass is 10.1. The molecule has 0 aromatic heterocycles. The van der Waals surface area contributed by atoms with Crippen molar-refractivity contribution in [2.45, 2.75) is 25.0 Å². The van der Waals surface area contributed by atoms with Gasteiger partial charge in [-0.2, -0.15) is 0 Å². The Labute approximate surface area is 124 Å². The lowest BCUT2D eigenvalue weighted by Gasteiger charge is -2.16. The van der Waals surface area contributed by atoms with E-state index in [2.05, 4.69) is 29.6 Å². The number of benzene rings is 2. The van der Waals surface area contributed by atoms with Crippen LogP contribution in [0.4, 0.5) is 0 Å². The van der Waals surface area contributed by atoms with Gasteiger partial charge in [-0.25, -0.2) is 0 Å². The van der Waals surface area contributed by atoms with E-state index < -0.39 is 6.10 Å². The molecule has 1 aliphatic rings. The number of fused-ring (bicyclic) bond motifs is 1. The van der Waals surface area contributed by atoms with Gasteiger partial charge in [-0.15, -0.1) is 0 Å². The van der Waals surface area contributed by atoms with Crippen LogP contribution in [-0.4, -0.2) is 17.7 Å². The molecule has 20 heavy (non-hydrogen) atoms. The Morgan fingerprint density at radius 3 is 2.25 bits per heavy atom. The van der Waals surface area contributed by atoms with E-state index in [1.165, 1.54) is 11.1 Å². The highest BCUT2D eigenvalue weighted by Crippen LogP contribution is 2.22. The van der Waals surface area contributed by atoms with Crippen molar-refractivity contribution < 1.29 is 5.11 Å². The summed E-state index contributed by atoms with van der Waals surface area (Å²) in [6.45, 7) is 0.570. The van der Waals surface area contributed by atoms with Gasteiger partial charge in [-0.3, -0.25) is 0 Å². The number of hydrogen-bond donors (Lipinski definition) is 2. The molecule has 3 rings (SSSR count). The molecule has 1 aliphatic carbocycles. The van der Waals surface area contributed by atoms with Crippen LogP contribution in [0, 0.1) is 0 Å². The summed E-state index contributed by atoms with van der Waals surface area (Å²) in [7, 11) is 0. The maximum absolute atomic E-state index is 10.2. The highest BCUT2D eigenvalue weighted by Gasteiger charge is 2.21. The molecule has 0 radical (unpaired) electrons. The minimum Gasteiger partial charge on any atom is -0.387 e. The molecule has 0 fully saturated rings. The van der Waals surface area contributed by atoms with Crippen LogP contribution in [0.1, 0.15) is 22.8 Å². The third-order valence-electron chi connectivity index (χ3n) is 3.91. The standard InChI is InChI=1S/C17H18ClNO/c18-15-7-5-12(6-8-15)17(20)11-19-16-9-13-3-1-2-4-14(13)10-16/h1-8,16-17,19-20H,9-11H2. The maximum Gasteiger partial charge on any atom is 0.0914 e. The fourth-order valence-corrected chi connectivity index (χ4v) is 2.91. The summed E-state index contributed by atoms with van der Waals surface area (Å²) in [5, 5.41) is 14.3. The van der Waals surface area contributed by atoms with E-state index in [4.69, 9.17) is 11.6 Å². The lowest BCUT2D eigenvalue weighted by Crippen LogP contribution is -2.33. The largest absolute Gasteiger partial charge is 0.387 e. The first-order valence-corrected chi connectivity index (χ1v) is 7.34. The number of aliphatic hydroxyl groups is 1. The SMILES string of the molecule is OC(CNC1Cc2ccccc2C1)c1ccc(Cl)cc1. The third-order valence-corrected chi connectivity index (χ3v) is 4.16. The Balaban J connectivity index is 1.55. The highest BCUT2D eigenvalue weighted by atomic mass is 35.5. The van der Waals surface area contributed by atoms with Gasteiger partial charge in [0.15, 0.2) is 0 Å². The minimum absolute atomic E-state index is 0.425. The van der Waals surface area contributed by atoms with Crippen LogP contribution in [0.25, 0.3) is 0 Å². The van der Waals surface area contributed by atoms with Gasteiger partial charge in [-0.1, -0.05) is 48.0 Å². The molecule has 104 valence electrons. The van der Waals surface area contributed by atoms with Crippen molar-refractivity contribution in [3.8, 4) is 0 Å². The molecule has 0 bridgehead atoms. The zero-order valence-electron chi connectivity index (χ0n) is 11.2. The second-order valence-electron chi connectivity index (χ2n) is 5.35. The molecule has 0 saturated heterocycles. The van der Waals surface area contributed by atoms with E-state index in [1.54, 1.807) is 0 Å². The van der Waals surface area contributed by atoms with E-state index >= 15 is 0 Å². The molecule has 2 aromatic carbocycles. The van der Waals surface area contributed by atoms with Crippen molar-refractivity contribution in [1.29, 1.82) is 0 Å². The Morgan fingerprint density at radius 1 is 1.05 bits per heavy atom. The Bertz CT molecular complexity index is 557. The molecule has 1 atom stereocenters. The molecule has 2 nitrogen and oxygen atoms in total.